The molecule has 0 rings (SSSR count). The average Bonchev–Trinajstić information content (AvgIpc) is 1.85. The maximum atomic E-state index is 10.6. The van der Waals surface area contributed by atoms with Crippen LogP contribution in [0.25, 0.3) is 0 Å². The van der Waals surface area contributed by atoms with Crippen molar-refractivity contribution in [1.82, 2.24) is 5.32 Å². The van der Waals surface area contributed by atoms with Gasteiger partial charge in [0.2, 0.25) is 0 Å². The molecule has 1 amide bonds. The number of hydrogen-bond donors (Lipinski definition) is 2. The molecule has 4 heteroatoms. The van der Waals surface area contributed by atoms with Crippen molar-refractivity contribution in [2.75, 3.05) is 7.11 Å². The quantitative estimate of drug-likeness (QED) is 0.620. The van der Waals surface area contributed by atoms with E-state index in [-0.39, 0.29) is 6.04 Å². The van der Waals surface area contributed by atoms with Gasteiger partial charge in [0, 0.05) is 0 Å². The Labute approximate surface area is 66.5 Å². The van der Waals surface area contributed by atoms with Gasteiger partial charge in [0.1, 0.15) is 0 Å². The smallest absolute Gasteiger partial charge is 0.407 e. The third-order valence-corrected chi connectivity index (χ3v) is 1.58. The highest BCUT2D eigenvalue weighted by molar-refractivity contribution is 5.67. The molecule has 0 spiro atoms. The molecule has 0 radical (unpaired) electrons. The first-order valence-electron chi connectivity index (χ1n) is 3.44. The summed E-state index contributed by atoms with van der Waals surface area (Å²) in [6.07, 6.45) is -0.528. The molecule has 1 unspecified atom stereocenters. The van der Waals surface area contributed by atoms with Crippen LogP contribution in [-0.2, 0) is 4.74 Å². The molecule has 66 valence electrons. The topological polar surface area (TPSA) is 58.6 Å². The van der Waals surface area contributed by atoms with Gasteiger partial charge >= 0.3 is 6.09 Å². The van der Waals surface area contributed by atoms with Gasteiger partial charge in [0.15, 0.2) is 0 Å². The van der Waals surface area contributed by atoms with Crippen LogP contribution in [0.5, 0.6) is 0 Å². The number of amides is 1. The molecule has 0 saturated heterocycles. The first-order valence-corrected chi connectivity index (χ1v) is 3.44. The zero-order valence-corrected chi connectivity index (χ0v) is 7.34. The number of carbonyl (C=O) groups excluding carboxylic acids is 1. The van der Waals surface area contributed by atoms with Crippen molar-refractivity contribution in [3.63, 3.8) is 0 Å². The van der Waals surface area contributed by atoms with E-state index >= 15 is 0 Å². The third-order valence-electron chi connectivity index (χ3n) is 1.58. The molecule has 0 aliphatic carbocycles. The van der Waals surface area contributed by atoms with Gasteiger partial charge in [-0.25, -0.2) is 4.79 Å². The van der Waals surface area contributed by atoms with E-state index in [9.17, 15) is 9.90 Å². The van der Waals surface area contributed by atoms with Gasteiger partial charge in [-0.2, -0.15) is 0 Å². The van der Waals surface area contributed by atoms with E-state index in [0.29, 0.717) is 0 Å². The summed E-state index contributed by atoms with van der Waals surface area (Å²) in [5.41, 5.74) is -0.922. The number of methoxy groups -OCH3 is 1. The average molecular weight is 161 g/mol. The first kappa shape index (κ1) is 10.2. The number of hydrogen-bond acceptors (Lipinski definition) is 3. The molecule has 2 N–H and O–H groups in total. The fourth-order valence-electron chi connectivity index (χ4n) is 0.412. The molecular formula is C7H15NO3. The molecule has 0 aromatic heterocycles. The summed E-state index contributed by atoms with van der Waals surface area (Å²) in [7, 11) is 1.28. The summed E-state index contributed by atoms with van der Waals surface area (Å²) in [6.45, 7) is 4.94. The summed E-state index contributed by atoms with van der Waals surface area (Å²) >= 11 is 0. The van der Waals surface area contributed by atoms with E-state index in [1.807, 2.05) is 0 Å². The van der Waals surface area contributed by atoms with E-state index in [1.165, 1.54) is 7.11 Å². The molecule has 0 saturated carbocycles. The fraction of sp³-hybridized carbons (Fsp3) is 0.857. The molecule has 0 aliphatic heterocycles. The number of nitrogens with one attached hydrogen (secondary N) is 1. The maximum absolute atomic E-state index is 10.6. The maximum Gasteiger partial charge on any atom is 0.407 e. The van der Waals surface area contributed by atoms with Crippen LogP contribution in [0.4, 0.5) is 4.79 Å². The highest BCUT2D eigenvalue weighted by atomic mass is 16.5. The van der Waals surface area contributed by atoms with Gasteiger partial charge < -0.3 is 15.2 Å². The van der Waals surface area contributed by atoms with E-state index in [2.05, 4.69) is 10.1 Å². The Hall–Kier alpha value is -0.770. The lowest BCUT2D eigenvalue weighted by molar-refractivity contribution is 0.0428. The number of rotatable bonds is 2. The molecule has 11 heavy (non-hydrogen) atoms. The third kappa shape index (κ3) is 3.83. The molecule has 0 fully saturated rings. The molecule has 0 aliphatic rings. The van der Waals surface area contributed by atoms with Crippen molar-refractivity contribution in [2.45, 2.75) is 32.4 Å². The van der Waals surface area contributed by atoms with Crippen LogP contribution in [0, 0.1) is 0 Å². The lowest BCUT2D eigenvalue weighted by Crippen LogP contribution is -2.47. The van der Waals surface area contributed by atoms with Crippen LogP contribution in [0.3, 0.4) is 0 Å². The van der Waals surface area contributed by atoms with Crippen molar-refractivity contribution in [3.05, 3.63) is 0 Å². The van der Waals surface area contributed by atoms with Crippen LogP contribution in [0.1, 0.15) is 20.8 Å². The molecule has 0 bridgehead atoms. The molecular weight excluding hydrogens is 146 g/mol. The van der Waals surface area contributed by atoms with Crippen molar-refractivity contribution in [2.24, 2.45) is 0 Å². The first-order chi connectivity index (χ1) is 4.88. The van der Waals surface area contributed by atoms with Crippen LogP contribution in [0.2, 0.25) is 0 Å². The Kier molecular flexibility index (Phi) is 3.32. The van der Waals surface area contributed by atoms with Gasteiger partial charge in [-0.15, -0.1) is 0 Å². The van der Waals surface area contributed by atoms with Crippen molar-refractivity contribution in [1.29, 1.82) is 0 Å². The van der Waals surface area contributed by atoms with E-state index in [0.717, 1.165) is 0 Å². The SMILES string of the molecule is COC(=O)NC(C)C(C)(C)O. The monoisotopic (exact) mass is 161 g/mol. The molecule has 0 aromatic carbocycles. The minimum atomic E-state index is -0.922. The van der Waals surface area contributed by atoms with E-state index in [4.69, 9.17) is 0 Å². The van der Waals surface area contributed by atoms with Crippen LogP contribution >= 0.6 is 0 Å². The minimum Gasteiger partial charge on any atom is -0.453 e. The lowest BCUT2D eigenvalue weighted by Gasteiger charge is -2.25. The summed E-state index contributed by atoms with van der Waals surface area (Å²) in [5.74, 6) is 0. The van der Waals surface area contributed by atoms with E-state index in [1.54, 1.807) is 20.8 Å². The summed E-state index contributed by atoms with van der Waals surface area (Å²) in [6, 6.07) is -0.324. The molecule has 0 aromatic rings. The Bertz CT molecular complexity index is 139. The highest BCUT2D eigenvalue weighted by Gasteiger charge is 2.23. The number of ether oxygens (including phenoxy) is 1. The number of alkyl carbamates (subject to hydrolysis) is 1. The van der Waals surface area contributed by atoms with Crippen molar-refractivity contribution < 1.29 is 14.6 Å². The Morgan fingerprint density at radius 2 is 2.09 bits per heavy atom. The molecule has 1 atom stereocenters. The number of carbonyl (C=O) groups is 1. The zero-order valence-electron chi connectivity index (χ0n) is 7.34. The summed E-state index contributed by atoms with van der Waals surface area (Å²) < 4.78 is 4.35. The van der Waals surface area contributed by atoms with Gasteiger partial charge in [-0.05, 0) is 20.8 Å². The van der Waals surface area contributed by atoms with Gasteiger partial charge in [-0.1, -0.05) is 0 Å². The van der Waals surface area contributed by atoms with E-state index < -0.39 is 11.7 Å². The largest absolute Gasteiger partial charge is 0.453 e. The Morgan fingerprint density at radius 1 is 1.64 bits per heavy atom. The van der Waals surface area contributed by atoms with Gasteiger partial charge in [0.05, 0.1) is 18.8 Å². The van der Waals surface area contributed by atoms with Crippen LogP contribution in [0.15, 0.2) is 0 Å². The van der Waals surface area contributed by atoms with Gasteiger partial charge in [-0.3, -0.25) is 0 Å². The standard InChI is InChI=1S/C7H15NO3/c1-5(7(2,3)10)8-6(9)11-4/h5,10H,1-4H3,(H,8,9). The minimum absolute atomic E-state index is 0.324. The second-order valence-electron chi connectivity index (χ2n) is 3.01. The highest BCUT2D eigenvalue weighted by Crippen LogP contribution is 2.06. The number of aliphatic hydroxyl groups is 1. The van der Waals surface area contributed by atoms with Gasteiger partial charge in [0.25, 0.3) is 0 Å². The zero-order chi connectivity index (χ0) is 9.07. The predicted octanol–water partition coefficient (Wildman–Crippen LogP) is 0.502. The van der Waals surface area contributed by atoms with Crippen molar-refractivity contribution >= 4 is 6.09 Å². The Balaban J connectivity index is 3.87. The second kappa shape index (κ2) is 3.57. The van der Waals surface area contributed by atoms with Crippen molar-refractivity contribution in [3.8, 4) is 0 Å². The summed E-state index contributed by atoms with van der Waals surface area (Å²) in [5, 5.41) is 11.8. The fourth-order valence-corrected chi connectivity index (χ4v) is 0.412. The second-order valence-corrected chi connectivity index (χ2v) is 3.01. The van der Waals surface area contributed by atoms with Crippen LogP contribution < -0.4 is 5.32 Å². The lowest BCUT2D eigenvalue weighted by atomic mass is 10.0. The molecule has 0 heterocycles. The predicted molar refractivity (Wildman–Crippen MR) is 41.3 cm³/mol. The normalized spacial score (nSPS) is 13.9. The molecule has 4 nitrogen and oxygen atoms in total. The summed E-state index contributed by atoms with van der Waals surface area (Å²) in [4.78, 5) is 10.6. The van der Waals surface area contributed by atoms with Crippen LogP contribution in [-0.4, -0.2) is 30.0 Å². The Morgan fingerprint density at radius 3 is 2.36 bits per heavy atom.